The third-order valence-electron chi connectivity index (χ3n) is 1.07. The first kappa shape index (κ1) is 10.8. The van der Waals surface area contributed by atoms with Gasteiger partial charge in [0.25, 0.3) is 17.6 Å². The first-order valence-electron chi connectivity index (χ1n) is 2.98. The first-order chi connectivity index (χ1) is 5.27. The van der Waals surface area contributed by atoms with E-state index in [4.69, 9.17) is 0 Å². The molecule has 0 bridgehead atoms. The molecule has 0 aromatic rings. The zero-order valence-corrected chi connectivity index (χ0v) is 6.30. The molecule has 12 heavy (non-hydrogen) atoms. The number of carbonyl (C=O) groups excluding carboxylic acids is 2. The largest absolute Gasteiger partial charge is 0.365 e. The van der Waals surface area contributed by atoms with Gasteiger partial charge in [-0.1, -0.05) is 0 Å². The van der Waals surface area contributed by atoms with Gasteiger partial charge in [-0.2, -0.15) is 0 Å². The van der Waals surface area contributed by atoms with Crippen LogP contribution in [0.5, 0.6) is 0 Å². The lowest BCUT2D eigenvalue weighted by molar-refractivity contribution is -0.139. The zero-order valence-electron chi connectivity index (χ0n) is 6.30. The number of hydrogen-bond acceptors (Lipinski definition) is 3. The van der Waals surface area contributed by atoms with Gasteiger partial charge in [0.1, 0.15) is 0 Å². The molecule has 0 rings (SSSR count). The molecule has 0 heterocycles. The van der Waals surface area contributed by atoms with Crippen molar-refractivity contribution < 1.29 is 18.4 Å². The minimum Gasteiger partial charge on any atom is -0.365 e. The molecule has 0 fully saturated rings. The fraction of sp³-hybridized carbons (Fsp3) is 0.600. The molecular formula is C5H9F2N3O2. The molecule has 0 aromatic heterocycles. The van der Waals surface area contributed by atoms with Crippen LogP contribution in [0.15, 0.2) is 0 Å². The van der Waals surface area contributed by atoms with Gasteiger partial charge in [-0.15, -0.1) is 0 Å². The standard InChI is InChI=1S/C5H9F2N3O2/c1-5(7,4(9)12)10-3(11)2(6)8/h2H,8H2,1H3,(H2,9,12)(H,10,11)/t2-,5+/m1/s1. The normalized spacial score (nSPS) is 17.7. The van der Waals surface area contributed by atoms with E-state index in [1.54, 1.807) is 0 Å². The third kappa shape index (κ3) is 2.79. The van der Waals surface area contributed by atoms with E-state index in [-0.39, 0.29) is 0 Å². The highest BCUT2D eigenvalue weighted by atomic mass is 19.1. The summed E-state index contributed by atoms with van der Waals surface area (Å²) in [6.07, 6.45) is -2.38. The number of hydrogen-bond donors (Lipinski definition) is 3. The Balaban J connectivity index is 4.25. The van der Waals surface area contributed by atoms with E-state index < -0.39 is 23.9 Å². The van der Waals surface area contributed by atoms with E-state index in [9.17, 15) is 18.4 Å². The van der Waals surface area contributed by atoms with Crippen molar-refractivity contribution in [3.8, 4) is 0 Å². The summed E-state index contributed by atoms with van der Waals surface area (Å²) < 4.78 is 24.7. The molecule has 0 saturated carbocycles. The van der Waals surface area contributed by atoms with Crippen LogP contribution in [0.4, 0.5) is 8.78 Å². The molecule has 5 nitrogen and oxygen atoms in total. The molecule has 2 atom stereocenters. The maximum Gasteiger partial charge on any atom is 0.275 e. The Morgan fingerprint density at radius 2 is 2.00 bits per heavy atom. The lowest BCUT2D eigenvalue weighted by Crippen LogP contribution is -2.55. The average molecular weight is 181 g/mol. The van der Waals surface area contributed by atoms with Crippen LogP contribution in [0.2, 0.25) is 0 Å². The molecule has 0 unspecified atom stereocenters. The Bertz CT molecular complexity index is 205. The molecule has 0 aromatic carbocycles. The molecule has 0 aliphatic carbocycles. The molecule has 70 valence electrons. The quantitative estimate of drug-likeness (QED) is 0.463. The van der Waals surface area contributed by atoms with Crippen molar-refractivity contribution in [3.63, 3.8) is 0 Å². The lowest BCUT2D eigenvalue weighted by atomic mass is 10.3. The Kier molecular flexibility index (Phi) is 3.08. The molecule has 0 aliphatic heterocycles. The highest BCUT2D eigenvalue weighted by Gasteiger charge is 2.33. The van der Waals surface area contributed by atoms with Crippen LogP contribution in [-0.4, -0.2) is 23.9 Å². The van der Waals surface area contributed by atoms with Gasteiger partial charge in [0.2, 0.25) is 6.30 Å². The number of nitrogens with two attached hydrogens (primary N) is 2. The highest BCUT2D eigenvalue weighted by Crippen LogP contribution is 2.03. The van der Waals surface area contributed by atoms with E-state index in [1.807, 2.05) is 0 Å². The summed E-state index contributed by atoms with van der Waals surface area (Å²) in [6.45, 7) is 0.690. The monoisotopic (exact) mass is 181 g/mol. The van der Waals surface area contributed by atoms with Gasteiger partial charge in [-0.3, -0.25) is 15.3 Å². The van der Waals surface area contributed by atoms with Gasteiger partial charge in [-0.25, -0.2) is 8.78 Å². The average Bonchev–Trinajstić information content (AvgIpc) is 1.85. The van der Waals surface area contributed by atoms with Crippen molar-refractivity contribution in [3.05, 3.63) is 0 Å². The summed E-state index contributed by atoms with van der Waals surface area (Å²) in [5, 5.41) is 1.38. The predicted molar refractivity (Wildman–Crippen MR) is 35.9 cm³/mol. The van der Waals surface area contributed by atoms with Gasteiger partial charge in [-0.05, 0) is 6.92 Å². The summed E-state index contributed by atoms with van der Waals surface area (Å²) in [4.78, 5) is 20.7. The molecule has 2 amide bonds. The zero-order chi connectivity index (χ0) is 9.94. The van der Waals surface area contributed by atoms with Crippen molar-refractivity contribution in [2.45, 2.75) is 19.0 Å². The van der Waals surface area contributed by atoms with Gasteiger partial charge in [0.15, 0.2) is 0 Å². The fourth-order valence-electron chi connectivity index (χ4n) is 0.362. The van der Waals surface area contributed by atoms with Crippen molar-refractivity contribution in [1.82, 2.24) is 5.32 Å². The molecule has 7 heteroatoms. The number of rotatable bonds is 3. The smallest absolute Gasteiger partial charge is 0.275 e. The van der Waals surface area contributed by atoms with E-state index in [1.165, 1.54) is 5.32 Å². The van der Waals surface area contributed by atoms with Crippen LogP contribution in [0, 0.1) is 0 Å². The summed E-state index contributed by atoms with van der Waals surface area (Å²) >= 11 is 0. The highest BCUT2D eigenvalue weighted by molar-refractivity contribution is 5.89. The number of alkyl halides is 2. The predicted octanol–water partition coefficient (Wildman–Crippen LogP) is -1.47. The van der Waals surface area contributed by atoms with Crippen molar-refractivity contribution >= 4 is 11.8 Å². The molecule has 0 spiro atoms. The molecule has 0 aliphatic rings. The van der Waals surface area contributed by atoms with E-state index in [0.717, 1.165) is 0 Å². The molecule has 0 radical (unpaired) electrons. The third-order valence-corrected chi connectivity index (χ3v) is 1.07. The van der Waals surface area contributed by atoms with Gasteiger partial charge in [0.05, 0.1) is 0 Å². The SMILES string of the molecule is C[C@](F)(NC(=O)[C@@H](N)F)C(N)=O. The summed E-state index contributed by atoms with van der Waals surface area (Å²) in [6, 6.07) is 0. The molecule has 5 N–H and O–H groups in total. The summed E-state index contributed by atoms with van der Waals surface area (Å²) in [7, 11) is 0. The maximum atomic E-state index is 12.8. The number of amides is 2. The minimum absolute atomic E-state index is 0.690. The van der Waals surface area contributed by atoms with Crippen molar-refractivity contribution in [2.24, 2.45) is 11.5 Å². The Morgan fingerprint density at radius 1 is 1.58 bits per heavy atom. The van der Waals surface area contributed by atoms with E-state index >= 15 is 0 Å². The second kappa shape index (κ2) is 3.44. The second-order valence-corrected chi connectivity index (χ2v) is 2.26. The Hall–Kier alpha value is -1.24. The summed E-state index contributed by atoms with van der Waals surface area (Å²) in [5.41, 5.74) is 8.97. The van der Waals surface area contributed by atoms with Crippen molar-refractivity contribution in [1.29, 1.82) is 0 Å². The van der Waals surface area contributed by atoms with Crippen LogP contribution in [0.1, 0.15) is 6.92 Å². The number of halogens is 2. The van der Waals surface area contributed by atoms with E-state index in [2.05, 4.69) is 11.5 Å². The van der Waals surface area contributed by atoms with Gasteiger partial charge < -0.3 is 11.1 Å². The van der Waals surface area contributed by atoms with Crippen LogP contribution >= 0.6 is 0 Å². The number of carbonyl (C=O) groups is 2. The second-order valence-electron chi connectivity index (χ2n) is 2.26. The first-order valence-corrected chi connectivity index (χ1v) is 2.98. The minimum atomic E-state index is -2.78. The maximum absolute atomic E-state index is 12.8. The fourth-order valence-corrected chi connectivity index (χ4v) is 0.362. The van der Waals surface area contributed by atoms with Crippen LogP contribution in [0.25, 0.3) is 0 Å². The molecule has 0 saturated heterocycles. The van der Waals surface area contributed by atoms with E-state index in [0.29, 0.717) is 6.92 Å². The number of nitrogens with one attached hydrogen (secondary N) is 1. The molecular weight excluding hydrogens is 172 g/mol. The van der Waals surface area contributed by atoms with Crippen LogP contribution in [0.3, 0.4) is 0 Å². The summed E-state index contributed by atoms with van der Waals surface area (Å²) in [5.74, 6) is -5.63. The topological polar surface area (TPSA) is 98.2 Å². The van der Waals surface area contributed by atoms with Crippen molar-refractivity contribution in [2.75, 3.05) is 0 Å². The van der Waals surface area contributed by atoms with Crippen LogP contribution < -0.4 is 16.8 Å². The number of primary amides is 1. The van der Waals surface area contributed by atoms with Crippen LogP contribution in [-0.2, 0) is 9.59 Å². The Morgan fingerprint density at radius 3 is 2.25 bits per heavy atom. The van der Waals surface area contributed by atoms with Gasteiger partial charge in [0, 0.05) is 0 Å². The van der Waals surface area contributed by atoms with Gasteiger partial charge >= 0.3 is 0 Å². The lowest BCUT2D eigenvalue weighted by Gasteiger charge is -2.17. The Labute approximate surface area is 67.1 Å².